The highest BCUT2D eigenvalue weighted by atomic mass is 16.5. The maximum atomic E-state index is 12.6. The highest BCUT2D eigenvalue weighted by Gasteiger charge is 2.42. The normalized spacial score (nSPS) is 22.9. The lowest BCUT2D eigenvalue weighted by Crippen LogP contribution is -2.54. The lowest BCUT2D eigenvalue weighted by atomic mass is 10.0. The molecule has 120 valence electrons. The molecule has 0 aromatic heterocycles. The number of β-amino-alcohol motifs (C(OH)–C–C–N with tert-alkyl or cyclic N) is 1. The van der Waals surface area contributed by atoms with Crippen LogP contribution in [-0.2, 0) is 19.1 Å². The smallest absolute Gasteiger partial charge is 0.407 e. The summed E-state index contributed by atoms with van der Waals surface area (Å²) in [5.41, 5.74) is 0. The molecule has 3 atom stereocenters. The van der Waals surface area contributed by atoms with Gasteiger partial charge in [-0.1, -0.05) is 13.8 Å². The van der Waals surface area contributed by atoms with Crippen LogP contribution < -0.4 is 5.32 Å². The molecule has 21 heavy (non-hydrogen) atoms. The van der Waals surface area contributed by atoms with E-state index in [9.17, 15) is 19.5 Å². The Balaban J connectivity index is 2.90. The summed E-state index contributed by atoms with van der Waals surface area (Å²) in [7, 11) is 2.43. The molecule has 2 N–H and O–H groups in total. The van der Waals surface area contributed by atoms with Gasteiger partial charge in [0.1, 0.15) is 12.1 Å². The van der Waals surface area contributed by atoms with Crippen LogP contribution in [0.2, 0.25) is 0 Å². The number of hydrogen-bond donors (Lipinski definition) is 2. The fourth-order valence-corrected chi connectivity index (χ4v) is 2.29. The van der Waals surface area contributed by atoms with Crippen molar-refractivity contribution in [3.05, 3.63) is 0 Å². The Morgan fingerprint density at radius 3 is 2.33 bits per heavy atom. The van der Waals surface area contributed by atoms with E-state index in [0.717, 1.165) is 0 Å². The van der Waals surface area contributed by atoms with Gasteiger partial charge in [-0.2, -0.15) is 0 Å². The van der Waals surface area contributed by atoms with Gasteiger partial charge in [-0.25, -0.2) is 9.59 Å². The summed E-state index contributed by atoms with van der Waals surface area (Å²) in [5, 5.41) is 12.1. The summed E-state index contributed by atoms with van der Waals surface area (Å²) in [6, 6.07) is -1.67. The van der Waals surface area contributed by atoms with Crippen molar-refractivity contribution in [1.82, 2.24) is 10.2 Å². The van der Waals surface area contributed by atoms with Crippen molar-refractivity contribution in [2.75, 3.05) is 20.8 Å². The lowest BCUT2D eigenvalue weighted by molar-refractivity contribution is -0.151. The maximum Gasteiger partial charge on any atom is 0.407 e. The van der Waals surface area contributed by atoms with E-state index in [-0.39, 0.29) is 18.9 Å². The van der Waals surface area contributed by atoms with Crippen molar-refractivity contribution >= 4 is 18.0 Å². The van der Waals surface area contributed by atoms with Crippen molar-refractivity contribution in [2.24, 2.45) is 5.92 Å². The van der Waals surface area contributed by atoms with Gasteiger partial charge >= 0.3 is 12.1 Å². The minimum absolute atomic E-state index is 0.0324. The van der Waals surface area contributed by atoms with Crippen LogP contribution in [-0.4, -0.2) is 66.9 Å². The predicted octanol–water partition coefficient (Wildman–Crippen LogP) is -0.498. The molecule has 2 amide bonds. The molecular weight excluding hydrogens is 280 g/mol. The summed E-state index contributed by atoms with van der Waals surface area (Å²) < 4.78 is 9.15. The quantitative estimate of drug-likeness (QED) is 0.678. The standard InChI is InChI=1S/C13H22N2O6/c1-7(2)10(14-13(19)21-4)11(17)15-6-8(16)5-9(15)12(18)20-3/h7-10,16H,5-6H2,1-4H3,(H,14,19)/t8?,9-,10-/m0/s1. The van der Waals surface area contributed by atoms with Gasteiger partial charge in [-0.05, 0) is 5.92 Å². The number of esters is 1. The van der Waals surface area contributed by atoms with E-state index in [1.165, 1.54) is 19.1 Å². The average molecular weight is 302 g/mol. The van der Waals surface area contributed by atoms with Crippen molar-refractivity contribution in [2.45, 2.75) is 38.5 Å². The molecule has 1 saturated heterocycles. The molecule has 1 fully saturated rings. The van der Waals surface area contributed by atoms with Crippen LogP contribution in [0.15, 0.2) is 0 Å². The highest BCUT2D eigenvalue weighted by molar-refractivity contribution is 5.90. The van der Waals surface area contributed by atoms with Crippen LogP contribution in [0.25, 0.3) is 0 Å². The topological polar surface area (TPSA) is 105 Å². The second-order valence-corrected chi connectivity index (χ2v) is 5.28. The van der Waals surface area contributed by atoms with Gasteiger partial charge in [0.15, 0.2) is 0 Å². The Labute approximate surface area is 123 Å². The van der Waals surface area contributed by atoms with Crippen molar-refractivity contribution in [3.63, 3.8) is 0 Å². The molecule has 0 aromatic carbocycles. The van der Waals surface area contributed by atoms with Crippen LogP contribution in [0, 0.1) is 5.92 Å². The second kappa shape index (κ2) is 7.26. The molecule has 1 aliphatic heterocycles. The first-order valence-electron chi connectivity index (χ1n) is 6.72. The van der Waals surface area contributed by atoms with E-state index < -0.39 is 36.2 Å². The fraction of sp³-hybridized carbons (Fsp3) is 0.769. The number of alkyl carbamates (subject to hydrolysis) is 1. The number of hydrogen-bond acceptors (Lipinski definition) is 6. The average Bonchev–Trinajstić information content (AvgIpc) is 2.84. The number of aliphatic hydroxyl groups excluding tert-OH is 1. The van der Waals surface area contributed by atoms with Crippen LogP contribution in [0.4, 0.5) is 4.79 Å². The lowest BCUT2D eigenvalue weighted by Gasteiger charge is -2.29. The first-order valence-corrected chi connectivity index (χ1v) is 6.72. The number of aliphatic hydroxyl groups is 1. The Kier molecular flexibility index (Phi) is 5.95. The van der Waals surface area contributed by atoms with E-state index in [1.807, 2.05) is 0 Å². The molecule has 8 nitrogen and oxygen atoms in total. The third kappa shape index (κ3) is 4.07. The Morgan fingerprint density at radius 1 is 1.24 bits per heavy atom. The van der Waals surface area contributed by atoms with Gasteiger partial charge < -0.3 is 24.8 Å². The first-order chi connectivity index (χ1) is 9.81. The zero-order valence-corrected chi connectivity index (χ0v) is 12.7. The number of methoxy groups -OCH3 is 2. The zero-order chi connectivity index (χ0) is 16.2. The highest BCUT2D eigenvalue weighted by Crippen LogP contribution is 2.21. The Hall–Kier alpha value is -1.83. The Bertz CT molecular complexity index is 411. The minimum Gasteiger partial charge on any atom is -0.467 e. The molecule has 0 aliphatic carbocycles. The molecule has 8 heteroatoms. The van der Waals surface area contributed by atoms with Gasteiger partial charge in [0.05, 0.1) is 20.3 Å². The number of nitrogens with one attached hydrogen (secondary N) is 1. The zero-order valence-electron chi connectivity index (χ0n) is 12.7. The van der Waals surface area contributed by atoms with Gasteiger partial charge in [0.2, 0.25) is 5.91 Å². The van der Waals surface area contributed by atoms with Gasteiger partial charge in [0, 0.05) is 13.0 Å². The molecule has 0 radical (unpaired) electrons. The molecule has 0 aromatic rings. The van der Waals surface area contributed by atoms with Gasteiger partial charge in [0.25, 0.3) is 0 Å². The number of rotatable bonds is 4. The summed E-state index contributed by atoms with van der Waals surface area (Å²) in [6.07, 6.45) is -1.39. The molecule has 0 spiro atoms. The number of amides is 2. The van der Waals surface area contributed by atoms with Crippen LogP contribution in [0.5, 0.6) is 0 Å². The third-order valence-electron chi connectivity index (χ3n) is 3.43. The number of carbonyl (C=O) groups is 3. The Morgan fingerprint density at radius 2 is 1.86 bits per heavy atom. The molecule has 1 rings (SSSR count). The number of nitrogens with zero attached hydrogens (tertiary/aromatic N) is 1. The predicted molar refractivity (Wildman–Crippen MR) is 72.3 cm³/mol. The molecule has 1 unspecified atom stereocenters. The van der Waals surface area contributed by atoms with E-state index in [2.05, 4.69) is 14.8 Å². The van der Waals surface area contributed by atoms with Gasteiger partial charge in [-0.15, -0.1) is 0 Å². The van der Waals surface area contributed by atoms with Crippen molar-refractivity contribution < 1.29 is 29.0 Å². The molecule has 1 aliphatic rings. The molecule has 0 saturated carbocycles. The first kappa shape index (κ1) is 17.2. The summed E-state index contributed by atoms with van der Waals surface area (Å²) in [4.78, 5) is 36.8. The second-order valence-electron chi connectivity index (χ2n) is 5.28. The molecular formula is C13H22N2O6. The fourth-order valence-electron chi connectivity index (χ4n) is 2.29. The summed E-state index contributed by atoms with van der Waals surface area (Å²) >= 11 is 0. The minimum atomic E-state index is -0.838. The van der Waals surface area contributed by atoms with Crippen LogP contribution in [0.1, 0.15) is 20.3 Å². The molecule has 0 bridgehead atoms. The largest absolute Gasteiger partial charge is 0.467 e. The van der Waals surface area contributed by atoms with Crippen LogP contribution in [0.3, 0.4) is 0 Å². The maximum absolute atomic E-state index is 12.6. The number of ether oxygens (including phenoxy) is 2. The van der Waals surface area contributed by atoms with Crippen LogP contribution >= 0.6 is 0 Å². The van der Waals surface area contributed by atoms with E-state index in [1.54, 1.807) is 13.8 Å². The monoisotopic (exact) mass is 302 g/mol. The van der Waals surface area contributed by atoms with E-state index in [4.69, 9.17) is 0 Å². The van der Waals surface area contributed by atoms with Crippen molar-refractivity contribution in [1.29, 1.82) is 0 Å². The van der Waals surface area contributed by atoms with E-state index >= 15 is 0 Å². The van der Waals surface area contributed by atoms with E-state index in [0.29, 0.717) is 0 Å². The number of carbonyl (C=O) groups excluding carboxylic acids is 3. The molecule has 1 heterocycles. The SMILES string of the molecule is COC(=O)N[C@H](C(=O)N1CC(O)C[C@H]1C(=O)OC)C(C)C. The van der Waals surface area contributed by atoms with Crippen molar-refractivity contribution in [3.8, 4) is 0 Å². The third-order valence-corrected chi connectivity index (χ3v) is 3.43. The van der Waals surface area contributed by atoms with Gasteiger partial charge in [-0.3, -0.25) is 4.79 Å². The summed E-state index contributed by atoms with van der Waals surface area (Å²) in [6.45, 7) is 3.56. The summed E-state index contributed by atoms with van der Waals surface area (Å²) in [5.74, 6) is -1.23. The number of likely N-dealkylation sites (tertiary alicyclic amines) is 1.